The smallest absolute Gasteiger partial charge is 0.347 e. The van der Waals surface area contributed by atoms with E-state index in [0.29, 0.717) is 46.7 Å². The molecule has 0 bridgehead atoms. The van der Waals surface area contributed by atoms with Crippen LogP contribution in [0.1, 0.15) is 22.3 Å². The summed E-state index contributed by atoms with van der Waals surface area (Å²) >= 11 is 1.19. The molecule has 104 valence electrons. The third-order valence-corrected chi connectivity index (χ3v) is 4.15. The van der Waals surface area contributed by atoms with Gasteiger partial charge in [0.15, 0.2) is 11.5 Å². The zero-order valence-corrected chi connectivity index (χ0v) is 11.7. The quantitative estimate of drug-likeness (QED) is 0.941. The van der Waals surface area contributed by atoms with Gasteiger partial charge in [-0.1, -0.05) is 6.92 Å². The molecule has 0 atom stereocenters. The Morgan fingerprint density at radius 1 is 1.35 bits per heavy atom. The molecule has 1 N–H and O–H groups in total. The summed E-state index contributed by atoms with van der Waals surface area (Å²) in [6.45, 7) is 2.97. The third-order valence-electron chi connectivity index (χ3n) is 3.02. The molecule has 0 saturated heterocycles. The van der Waals surface area contributed by atoms with E-state index in [1.807, 2.05) is 25.1 Å². The second-order valence-electron chi connectivity index (χ2n) is 4.31. The van der Waals surface area contributed by atoms with E-state index in [4.69, 9.17) is 9.47 Å². The maximum atomic E-state index is 11.2. The molecule has 0 saturated carbocycles. The first kappa shape index (κ1) is 12.9. The number of hydrogen-bond acceptors (Lipinski definition) is 5. The Bertz CT molecular complexity index is 665. The molecule has 1 aliphatic heterocycles. The lowest BCUT2D eigenvalue weighted by atomic mass is 10.2. The summed E-state index contributed by atoms with van der Waals surface area (Å²) in [6, 6.07) is 5.55. The Balaban J connectivity index is 2.02. The van der Waals surface area contributed by atoms with Gasteiger partial charge in [-0.25, -0.2) is 9.78 Å². The van der Waals surface area contributed by atoms with Gasteiger partial charge in [0, 0.05) is 5.56 Å². The lowest BCUT2D eigenvalue weighted by Crippen LogP contribution is -2.15. The fraction of sp³-hybridized carbons (Fsp3) is 0.286. The summed E-state index contributed by atoms with van der Waals surface area (Å²) in [6.07, 6.45) is 0.600. The first-order valence-electron chi connectivity index (χ1n) is 6.32. The van der Waals surface area contributed by atoms with Gasteiger partial charge >= 0.3 is 5.97 Å². The number of aromatic nitrogens is 1. The summed E-state index contributed by atoms with van der Waals surface area (Å²) in [5.41, 5.74) is 1.47. The number of benzene rings is 1. The molecule has 0 radical (unpaired) electrons. The van der Waals surface area contributed by atoms with Crippen LogP contribution in [0.15, 0.2) is 18.2 Å². The number of aromatic carboxylic acids is 1. The number of nitrogens with zero attached hydrogens (tertiary/aromatic N) is 1. The number of carboxylic acids is 1. The second kappa shape index (κ2) is 5.13. The number of aryl methyl sites for hydroxylation is 1. The predicted octanol–water partition coefficient (Wildman–Crippen LogP) is 2.84. The van der Waals surface area contributed by atoms with Gasteiger partial charge < -0.3 is 14.6 Å². The molecule has 0 fully saturated rings. The van der Waals surface area contributed by atoms with Gasteiger partial charge in [-0.15, -0.1) is 11.3 Å². The topological polar surface area (TPSA) is 68.7 Å². The molecule has 2 aromatic rings. The number of thiazole rings is 1. The van der Waals surface area contributed by atoms with Gasteiger partial charge in [0.2, 0.25) is 0 Å². The highest BCUT2D eigenvalue weighted by Crippen LogP contribution is 2.36. The van der Waals surface area contributed by atoms with Crippen molar-refractivity contribution < 1.29 is 19.4 Å². The van der Waals surface area contributed by atoms with Crippen LogP contribution in [0.3, 0.4) is 0 Å². The molecule has 20 heavy (non-hydrogen) atoms. The van der Waals surface area contributed by atoms with E-state index in [-0.39, 0.29) is 0 Å². The van der Waals surface area contributed by atoms with Crippen molar-refractivity contribution in [2.45, 2.75) is 13.3 Å². The summed E-state index contributed by atoms with van der Waals surface area (Å²) in [5, 5.41) is 9.87. The third kappa shape index (κ3) is 2.22. The Morgan fingerprint density at radius 2 is 2.10 bits per heavy atom. The average Bonchev–Trinajstić information content (AvgIpc) is 2.91. The summed E-state index contributed by atoms with van der Waals surface area (Å²) < 4.78 is 11.0. The standard InChI is InChI=1S/C14H13NO4S/c1-2-9-12(14(16)17)20-13(15-9)8-3-4-10-11(7-8)19-6-5-18-10/h3-4,7H,2,5-6H2,1H3,(H,16,17). The van der Waals surface area contributed by atoms with Gasteiger partial charge in [0.05, 0.1) is 5.69 Å². The largest absolute Gasteiger partial charge is 0.486 e. The summed E-state index contributed by atoms with van der Waals surface area (Å²) in [4.78, 5) is 15.9. The van der Waals surface area contributed by atoms with E-state index >= 15 is 0 Å². The Kier molecular flexibility index (Phi) is 3.31. The molecule has 5 nitrogen and oxygen atoms in total. The number of carbonyl (C=O) groups is 1. The van der Waals surface area contributed by atoms with Gasteiger partial charge in [0.1, 0.15) is 23.1 Å². The molecule has 0 amide bonds. The van der Waals surface area contributed by atoms with Crippen molar-refractivity contribution in [2.24, 2.45) is 0 Å². The Hall–Kier alpha value is -2.08. The van der Waals surface area contributed by atoms with Crippen LogP contribution < -0.4 is 9.47 Å². The first-order valence-corrected chi connectivity index (χ1v) is 7.13. The second-order valence-corrected chi connectivity index (χ2v) is 5.31. The maximum absolute atomic E-state index is 11.2. The van der Waals surface area contributed by atoms with Crippen molar-refractivity contribution in [1.29, 1.82) is 0 Å². The highest BCUT2D eigenvalue weighted by Gasteiger charge is 2.19. The average molecular weight is 291 g/mol. The SMILES string of the molecule is CCc1nc(-c2ccc3c(c2)OCCO3)sc1C(=O)O. The molecule has 0 spiro atoms. The molecule has 1 aromatic carbocycles. The highest BCUT2D eigenvalue weighted by atomic mass is 32.1. The normalized spacial score (nSPS) is 13.2. The molecule has 0 aliphatic carbocycles. The van der Waals surface area contributed by atoms with Crippen LogP contribution in [0.2, 0.25) is 0 Å². The van der Waals surface area contributed by atoms with Crippen LogP contribution in [-0.2, 0) is 6.42 Å². The van der Waals surface area contributed by atoms with Crippen LogP contribution in [0.25, 0.3) is 10.6 Å². The van der Waals surface area contributed by atoms with Gasteiger partial charge in [-0.2, -0.15) is 0 Å². The van der Waals surface area contributed by atoms with Gasteiger partial charge in [-0.05, 0) is 24.6 Å². The number of hydrogen-bond donors (Lipinski definition) is 1. The Morgan fingerprint density at radius 3 is 2.75 bits per heavy atom. The fourth-order valence-corrected chi connectivity index (χ4v) is 3.05. The highest BCUT2D eigenvalue weighted by molar-refractivity contribution is 7.17. The van der Waals surface area contributed by atoms with Crippen LogP contribution in [0.5, 0.6) is 11.5 Å². The molecule has 6 heteroatoms. The van der Waals surface area contributed by atoms with E-state index in [1.165, 1.54) is 11.3 Å². The van der Waals surface area contributed by atoms with E-state index in [9.17, 15) is 9.90 Å². The minimum Gasteiger partial charge on any atom is -0.486 e. The predicted molar refractivity (Wildman–Crippen MR) is 74.9 cm³/mol. The summed E-state index contributed by atoms with van der Waals surface area (Å²) in [5.74, 6) is 0.466. The van der Waals surface area contributed by atoms with E-state index in [2.05, 4.69) is 4.98 Å². The van der Waals surface area contributed by atoms with Crippen molar-refractivity contribution in [1.82, 2.24) is 4.98 Å². The molecule has 1 aromatic heterocycles. The zero-order chi connectivity index (χ0) is 14.1. The molecule has 0 unspecified atom stereocenters. The van der Waals surface area contributed by atoms with Crippen molar-refractivity contribution in [3.05, 3.63) is 28.8 Å². The van der Waals surface area contributed by atoms with E-state index in [0.717, 1.165) is 5.56 Å². The molecule has 3 rings (SSSR count). The van der Waals surface area contributed by atoms with Crippen molar-refractivity contribution in [2.75, 3.05) is 13.2 Å². The van der Waals surface area contributed by atoms with Crippen LogP contribution in [0, 0.1) is 0 Å². The van der Waals surface area contributed by atoms with Crippen LogP contribution in [-0.4, -0.2) is 29.3 Å². The van der Waals surface area contributed by atoms with Crippen molar-refractivity contribution in [3.8, 4) is 22.1 Å². The molecule has 2 heterocycles. The zero-order valence-electron chi connectivity index (χ0n) is 10.9. The first-order chi connectivity index (χ1) is 9.69. The van der Waals surface area contributed by atoms with Crippen molar-refractivity contribution >= 4 is 17.3 Å². The van der Waals surface area contributed by atoms with Crippen molar-refractivity contribution in [3.63, 3.8) is 0 Å². The van der Waals surface area contributed by atoms with Gasteiger partial charge in [-0.3, -0.25) is 0 Å². The minimum absolute atomic E-state index is 0.303. The molecular formula is C14H13NO4S. The number of fused-ring (bicyclic) bond motifs is 1. The number of carboxylic acid groups (broad SMARTS) is 1. The van der Waals surface area contributed by atoms with Gasteiger partial charge in [0.25, 0.3) is 0 Å². The van der Waals surface area contributed by atoms with Crippen LogP contribution in [0.4, 0.5) is 0 Å². The van der Waals surface area contributed by atoms with Crippen LogP contribution >= 0.6 is 11.3 Å². The molecular weight excluding hydrogens is 278 g/mol. The van der Waals surface area contributed by atoms with E-state index < -0.39 is 5.97 Å². The lowest BCUT2D eigenvalue weighted by Gasteiger charge is -2.18. The maximum Gasteiger partial charge on any atom is 0.347 e. The lowest BCUT2D eigenvalue weighted by molar-refractivity contribution is 0.0701. The monoisotopic (exact) mass is 291 g/mol. The summed E-state index contributed by atoms with van der Waals surface area (Å²) in [7, 11) is 0. The Labute approximate surface area is 119 Å². The fourth-order valence-electron chi connectivity index (χ4n) is 2.06. The number of ether oxygens (including phenoxy) is 2. The molecule has 1 aliphatic rings. The minimum atomic E-state index is -0.928. The number of rotatable bonds is 3. The van der Waals surface area contributed by atoms with E-state index in [1.54, 1.807) is 0 Å².